The van der Waals surface area contributed by atoms with Crippen LogP contribution in [0.1, 0.15) is 38.2 Å². The van der Waals surface area contributed by atoms with E-state index < -0.39 is 0 Å². The Labute approximate surface area is 126 Å². The predicted octanol–water partition coefficient (Wildman–Crippen LogP) is 3.08. The van der Waals surface area contributed by atoms with E-state index in [-0.39, 0.29) is 11.4 Å². The van der Waals surface area contributed by atoms with Crippen molar-refractivity contribution in [2.45, 2.75) is 50.8 Å². The largest absolute Gasteiger partial charge is 0.377 e. The van der Waals surface area contributed by atoms with Gasteiger partial charge in [0.15, 0.2) is 0 Å². The number of benzene rings is 1. The fourth-order valence-corrected chi connectivity index (χ4v) is 3.13. The van der Waals surface area contributed by atoms with Crippen LogP contribution in [0.4, 0.5) is 10.1 Å². The lowest BCUT2D eigenvalue weighted by Gasteiger charge is -2.41. The Morgan fingerprint density at radius 2 is 2.24 bits per heavy atom. The van der Waals surface area contributed by atoms with E-state index in [1.807, 2.05) is 12.1 Å². The molecule has 4 heteroatoms. The topological polar surface area (TPSA) is 24.5 Å². The maximum absolute atomic E-state index is 14.3. The lowest BCUT2D eigenvalue weighted by molar-refractivity contribution is -0.00470. The van der Waals surface area contributed by atoms with Crippen molar-refractivity contribution in [3.63, 3.8) is 0 Å². The molecule has 1 aromatic rings. The minimum atomic E-state index is -0.133. The molecule has 1 heterocycles. The Hall–Kier alpha value is -1.13. The van der Waals surface area contributed by atoms with Crippen LogP contribution in [0, 0.1) is 5.82 Å². The Bertz CT molecular complexity index is 504. The van der Waals surface area contributed by atoms with Crippen LogP contribution in [0.2, 0.25) is 0 Å². The summed E-state index contributed by atoms with van der Waals surface area (Å²) in [4.78, 5) is 2.28. The highest BCUT2D eigenvalue weighted by Gasteiger charge is 2.32. The van der Waals surface area contributed by atoms with Gasteiger partial charge in [-0.25, -0.2) is 4.39 Å². The molecule has 21 heavy (non-hydrogen) atoms. The highest BCUT2D eigenvalue weighted by Crippen LogP contribution is 2.31. The van der Waals surface area contributed by atoms with Gasteiger partial charge in [0.2, 0.25) is 0 Å². The second-order valence-corrected chi connectivity index (χ2v) is 6.57. The quantitative estimate of drug-likeness (QED) is 0.902. The van der Waals surface area contributed by atoms with Gasteiger partial charge in [-0.2, -0.15) is 0 Å². The molecule has 1 saturated heterocycles. The van der Waals surface area contributed by atoms with Gasteiger partial charge in [-0.15, -0.1) is 0 Å². The summed E-state index contributed by atoms with van der Waals surface area (Å²) >= 11 is 0. The zero-order valence-electron chi connectivity index (χ0n) is 13.0. The second-order valence-electron chi connectivity index (χ2n) is 6.57. The number of nitrogens with zero attached hydrogens (tertiary/aromatic N) is 1. The number of rotatable bonds is 5. The molecule has 1 saturated carbocycles. The molecule has 0 aromatic heterocycles. The number of methoxy groups -OCH3 is 1. The van der Waals surface area contributed by atoms with E-state index in [1.165, 1.54) is 12.8 Å². The van der Waals surface area contributed by atoms with Crippen LogP contribution in [0.15, 0.2) is 18.2 Å². The van der Waals surface area contributed by atoms with Crippen LogP contribution in [0.25, 0.3) is 0 Å². The highest BCUT2D eigenvalue weighted by molar-refractivity contribution is 5.55. The molecule has 2 aliphatic rings. The molecule has 0 radical (unpaired) electrons. The Kier molecular flexibility index (Phi) is 4.18. The number of piperidine rings is 1. The van der Waals surface area contributed by atoms with E-state index in [9.17, 15) is 4.39 Å². The number of anilines is 1. The molecule has 2 fully saturated rings. The second kappa shape index (κ2) is 5.93. The standard InChI is InChI=1S/C17H25FN2O/c1-17(21-2)9-4-10-20(12-17)16-6-3-5-15(18)14(16)11-19-13-7-8-13/h3,5-6,13,19H,4,7-12H2,1-2H3. The van der Waals surface area contributed by atoms with E-state index in [1.54, 1.807) is 13.2 Å². The van der Waals surface area contributed by atoms with Crippen molar-refractivity contribution in [3.8, 4) is 0 Å². The van der Waals surface area contributed by atoms with Gasteiger partial charge in [0.1, 0.15) is 5.82 Å². The van der Waals surface area contributed by atoms with Gasteiger partial charge >= 0.3 is 0 Å². The van der Waals surface area contributed by atoms with Gasteiger partial charge < -0.3 is 15.0 Å². The van der Waals surface area contributed by atoms with Gasteiger partial charge in [0.25, 0.3) is 0 Å². The van der Waals surface area contributed by atoms with Gasteiger partial charge in [-0.1, -0.05) is 6.07 Å². The first kappa shape index (κ1) is 14.8. The predicted molar refractivity (Wildman–Crippen MR) is 83.1 cm³/mol. The Morgan fingerprint density at radius 1 is 1.43 bits per heavy atom. The van der Waals surface area contributed by atoms with E-state index >= 15 is 0 Å². The van der Waals surface area contributed by atoms with Crippen molar-refractivity contribution < 1.29 is 9.13 Å². The van der Waals surface area contributed by atoms with Crippen LogP contribution in [0.5, 0.6) is 0 Å². The van der Waals surface area contributed by atoms with Crippen molar-refractivity contribution in [3.05, 3.63) is 29.6 Å². The van der Waals surface area contributed by atoms with E-state index in [4.69, 9.17) is 4.74 Å². The highest BCUT2D eigenvalue weighted by atomic mass is 19.1. The summed E-state index contributed by atoms with van der Waals surface area (Å²) in [5, 5.41) is 3.43. The summed E-state index contributed by atoms with van der Waals surface area (Å²) in [5.74, 6) is -0.106. The minimum Gasteiger partial charge on any atom is -0.377 e. The lowest BCUT2D eigenvalue weighted by atomic mass is 9.93. The van der Waals surface area contributed by atoms with E-state index in [0.717, 1.165) is 37.2 Å². The Morgan fingerprint density at radius 3 is 2.95 bits per heavy atom. The summed E-state index contributed by atoms with van der Waals surface area (Å²) in [6.45, 7) is 4.55. The van der Waals surface area contributed by atoms with Crippen molar-refractivity contribution >= 4 is 5.69 Å². The summed E-state index contributed by atoms with van der Waals surface area (Å²) in [6.07, 6.45) is 4.58. The molecule has 0 amide bonds. The molecule has 1 aromatic carbocycles. The van der Waals surface area contributed by atoms with Gasteiger partial charge in [-0.05, 0) is 44.7 Å². The SMILES string of the molecule is COC1(C)CCCN(c2cccc(F)c2CNC2CC2)C1. The fraction of sp³-hybridized carbons (Fsp3) is 0.647. The van der Waals surface area contributed by atoms with Crippen LogP contribution in [-0.4, -0.2) is 31.8 Å². The third-order valence-corrected chi connectivity index (χ3v) is 4.73. The number of hydrogen-bond donors (Lipinski definition) is 1. The number of halogens is 1. The molecule has 1 unspecified atom stereocenters. The molecular weight excluding hydrogens is 267 g/mol. The summed E-state index contributed by atoms with van der Waals surface area (Å²) < 4.78 is 19.9. The van der Waals surface area contributed by atoms with Crippen LogP contribution < -0.4 is 10.2 Å². The normalized spacial score (nSPS) is 26.1. The van der Waals surface area contributed by atoms with Gasteiger partial charge in [-0.3, -0.25) is 0 Å². The van der Waals surface area contributed by atoms with Crippen LogP contribution in [-0.2, 0) is 11.3 Å². The Balaban J connectivity index is 1.81. The summed E-state index contributed by atoms with van der Waals surface area (Å²) in [5.41, 5.74) is 1.68. The molecule has 1 aliphatic heterocycles. The summed E-state index contributed by atoms with van der Waals surface area (Å²) in [6, 6.07) is 5.99. The van der Waals surface area contributed by atoms with Gasteiger partial charge in [0, 0.05) is 44.0 Å². The maximum atomic E-state index is 14.3. The fourth-order valence-electron chi connectivity index (χ4n) is 3.13. The van der Waals surface area contributed by atoms with Crippen LogP contribution in [0.3, 0.4) is 0 Å². The minimum absolute atomic E-state index is 0.106. The first-order valence-corrected chi connectivity index (χ1v) is 7.92. The van der Waals surface area contributed by atoms with Crippen molar-refractivity contribution in [1.82, 2.24) is 5.32 Å². The average Bonchev–Trinajstić information content (AvgIpc) is 3.30. The molecular formula is C17H25FN2O. The first-order valence-electron chi connectivity index (χ1n) is 7.92. The maximum Gasteiger partial charge on any atom is 0.129 e. The molecule has 1 atom stereocenters. The third-order valence-electron chi connectivity index (χ3n) is 4.73. The molecule has 116 valence electrons. The smallest absolute Gasteiger partial charge is 0.129 e. The molecule has 3 nitrogen and oxygen atoms in total. The number of hydrogen-bond acceptors (Lipinski definition) is 3. The molecule has 3 rings (SSSR count). The molecule has 0 spiro atoms. The third kappa shape index (κ3) is 3.38. The molecule has 1 aliphatic carbocycles. The monoisotopic (exact) mass is 292 g/mol. The van der Waals surface area contributed by atoms with E-state index in [2.05, 4.69) is 17.1 Å². The zero-order valence-corrected chi connectivity index (χ0v) is 13.0. The number of ether oxygens (including phenoxy) is 1. The van der Waals surface area contributed by atoms with Crippen molar-refractivity contribution in [1.29, 1.82) is 0 Å². The number of nitrogens with one attached hydrogen (secondary N) is 1. The van der Waals surface area contributed by atoms with E-state index in [0.29, 0.717) is 12.6 Å². The summed E-state index contributed by atoms with van der Waals surface area (Å²) in [7, 11) is 1.77. The first-order chi connectivity index (χ1) is 10.1. The molecule has 1 N–H and O–H groups in total. The van der Waals surface area contributed by atoms with Crippen molar-refractivity contribution in [2.75, 3.05) is 25.1 Å². The van der Waals surface area contributed by atoms with Crippen LogP contribution >= 0.6 is 0 Å². The molecule has 0 bridgehead atoms. The van der Waals surface area contributed by atoms with Gasteiger partial charge in [0.05, 0.1) is 5.60 Å². The lowest BCUT2D eigenvalue weighted by Crippen LogP contribution is -2.47. The van der Waals surface area contributed by atoms with Crippen molar-refractivity contribution in [2.24, 2.45) is 0 Å². The zero-order chi connectivity index (χ0) is 14.9. The average molecular weight is 292 g/mol.